The summed E-state index contributed by atoms with van der Waals surface area (Å²) in [4.78, 5) is 17.8. The Morgan fingerprint density at radius 3 is 2.35 bits per heavy atom. The van der Waals surface area contributed by atoms with E-state index in [1.165, 1.54) is 30.4 Å². The minimum Gasteiger partial charge on any atom is -0.345 e. The monoisotopic (exact) mass is 432 g/mol. The zero-order valence-electron chi connectivity index (χ0n) is 18.2. The molecule has 4 heteroatoms. The molecule has 1 amide bonds. The summed E-state index contributed by atoms with van der Waals surface area (Å²) in [5, 5.41) is 3.79. The Morgan fingerprint density at radius 2 is 1.68 bits per heavy atom. The number of hydrogen-bond acceptors (Lipinski definition) is 2. The molecule has 0 bridgehead atoms. The minimum absolute atomic E-state index is 0.00540. The Kier molecular flexibility index (Phi) is 6.72. The molecule has 0 saturated heterocycles. The first-order valence-electron chi connectivity index (χ1n) is 11.1. The first kappa shape index (κ1) is 21.6. The highest BCUT2D eigenvalue weighted by Crippen LogP contribution is 2.35. The molecule has 160 valence electrons. The lowest BCUT2D eigenvalue weighted by Crippen LogP contribution is -2.34. The smallest absolute Gasteiger partial charge is 0.253 e. The second kappa shape index (κ2) is 9.65. The predicted octanol–water partition coefficient (Wildman–Crippen LogP) is 7.07. The summed E-state index contributed by atoms with van der Waals surface area (Å²) >= 11 is 6.46. The van der Waals surface area contributed by atoms with Crippen LogP contribution in [0.1, 0.15) is 65.3 Å². The molecule has 1 aliphatic rings. The highest BCUT2D eigenvalue weighted by molar-refractivity contribution is 6.34. The predicted molar refractivity (Wildman–Crippen MR) is 127 cm³/mol. The van der Waals surface area contributed by atoms with Crippen molar-refractivity contribution in [3.8, 4) is 11.1 Å². The van der Waals surface area contributed by atoms with E-state index >= 15 is 0 Å². The summed E-state index contributed by atoms with van der Waals surface area (Å²) in [7, 11) is 0. The molecule has 1 fully saturated rings. The van der Waals surface area contributed by atoms with E-state index in [9.17, 15) is 4.79 Å². The first-order chi connectivity index (χ1) is 15.0. The van der Waals surface area contributed by atoms with Gasteiger partial charge in [0.05, 0.1) is 16.6 Å². The van der Waals surface area contributed by atoms with Gasteiger partial charge in [0, 0.05) is 17.5 Å². The average molecular weight is 433 g/mol. The average Bonchev–Trinajstić information content (AvgIpc) is 2.79. The van der Waals surface area contributed by atoms with Crippen molar-refractivity contribution in [1.82, 2.24) is 10.3 Å². The van der Waals surface area contributed by atoms with Crippen molar-refractivity contribution in [2.45, 2.75) is 52.0 Å². The molecular weight excluding hydrogens is 404 g/mol. The lowest BCUT2D eigenvalue weighted by molar-refractivity contribution is 0.0912. The lowest BCUT2D eigenvalue weighted by atomic mass is 9.81. The van der Waals surface area contributed by atoms with Crippen LogP contribution in [0.3, 0.4) is 0 Å². The van der Waals surface area contributed by atoms with E-state index in [1.807, 2.05) is 37.4 Å². The SMILES string of the molecule is Cc1ccc(C(NC(=O)c2cc(-c3ccc(C)nc3)ccc2Cl)C2CCCCC2)cc1. The molecule has 1 N–H and O–H groups in total. The summed E-state index contributed by atoms with van der Waals surface area (Å²) in [5.74, 6) is 0.326. The van der Waals surface area contributed by atoms with Crippen molar-refractivity contribution in [1.29, 1.82) is 0 Å². The van der Waals surface area contributed by atoms with Crippen LogP contribution in [-0.4, -0.2) is 10.9 Å². The highest BCUT2D eigenvalue weighted by Gasteiger charge is 2.27. The zero-order valence-corrected chi connectivity index (χ0v) is 19.0. The number of nitrogens with one attached hydrogen (secondary N) is 1. The minimum atomic E-state index is -0.122. The van der Waals surface area contributed by atoms with E-state index in [1.54, 1.807) is 6.07 Å². The van der Waals surface area contributed by atoms with Gasteiger partial charge < -0.3 is 5.32 Å². The third kappa shape index (κ3) is 5.16. The van der Waals surface area contributed by atoms with Crippen LogP contribution in [0.25, 0.3) is 11.1 Å². The van der Waals surface area contributed by atoms with E-state index in [4.69, 9.17) is 11.6 Å². The van der Waals surface area contributed by atoms with E-state index < -0.39 is 0 Å². The molecule has 1 unspecified atom stereocenters. The van der Waals surface area contributed by atoms with E-state index in [0.29, 0.717) is 16.5 Å². The number of rotatable bonds is 5. The fourth-order valence-corrected chi connectivity index (χ4v) is 4.65. The van der Waals surface area contributed by atoms with Crippen LogP contribution < -0.4 is 5.32 Å². The number of pyridine rings is 1. The third-order valence-corrected chi connectivity index (χ3v) is 6.63. The Hall–Kier alpha value is -2.65. The first-order valence-corrected chi connectivity index (χ1v) is 11.5. The van der Waals surface area contributed by atoms with Gasteiger partial charge in [-0.05, 0) is 61.9 Å². The Balaban J connectivity index is 1.62. The number of amides is 1. The number of halogens is 1. The molecule has 0 spiro atoms. The van der Waals surface area contributed by atoms with Gasteiger partial charge in [-0.3, -0.25) is 9.78 Å². The molecule has 1 atom stereocenters. The summed E-state index contributed by atoms with van der Waals surface area (Å²) in [6.45, 7) is 4.05. The molecule has 1 aliphatic carbocycles. The van der Waals surface area contributed by atoms with Crippen molar-refractivity contribution in [3.63, 3.8) is 0 Å². The topological polar surface area (TPSA) is 42.0 Å². The van der Waals surface area contributed by atoms with Crippen molar-refractivity contribution in [2.75, 3.05) is 0 Å². The maximum Gasteiger partial charge on any atom is 0.253 e. The van der Waals surface area contributed by atoms with Crippen molar-refractivity contribution in [2.24, 2.45) is 5.92 Å². The zero-order chi connectivity index (χ0) is 21.8. The maximum atomic E-state index is 13.4. The van der Waals surface area contributed by atoms with Crippen LogP contribution in [-0.2, 0) is 0 Å². The number of nitrogens with zero attached hydrogens (tertiary/aromatic N) is 1. The van der Waals surface area contributed by atoms with Gasteiger partial charge in [-0.1, -0.05) is 72.8 Å². The standard InChI is InChI=1S/C27H29ClN2O/c1-18-8-11-21(12-9-18)26(20-6-4-3-5-7-20)30-27(31)24-16-22(14-15-25(24)28)23-13-10-19(2)29-17-23/h8-17,20,26H,3-7H2,1-2H3,(H,30,31). The van der Waals surface area contributed by atoms with E-state index in [-0.39, 0.29) is 11.9 Å². The largest absolute Gasteiger partial charge is 0.345 e. The molecule has 31 heavy (non-hydrogen) atoms. The summed E-state index contributed by atoms with van der Waals surface area (Å²) in [5.41, 5.74) is 5.77. The second-order valence-corrected chi connectivity index (χ2v) is 9.05. The Labute approximate surface area is 189 Å². The summed E-state index contributed by atoms with van der Waals surface area (Å²) in [6.07, 6.45) is 7.84. The quantitative estimate of drug-likeness (QED) is 0.468. The molecule has 3 aromatic rings. The van der Waals surface area contributed by atoms with Crippen LogP contribution in [0.15, 0.2) is 60.8 Å². The van der Waals surface area contributed by atoms with Gasteiger partial charge in [-0.15, -0.1) is 0 Å². The Morgan fingerprint density at radius 1 is 0.968 bits per heavy atom. The number of benzene rings is 2. The summed E-state index contributed by atoms with van der Waals surface area (Å²) < 4.78 is 0. The van der Waals surface area contributed by atoms with Crippen LogP contribution in [0.4, 0.5) is 0 Å². The number of carbonyl (C=O) groups is 1. The van der Waals surface area contributed by atoms with Gasteiger partial charge in [0.25, 0.3) is 5.91 Å². The normalized spacial score (nSPS) is 15.5. The van der Waals surface area contributed by atoms with Crippen LogP contribution >= 0.6 is 11.6 Å². The maximum absolute atomic E-state index is 13.4. The second-order valence-electron chi connectivity index (χ2n) is 8.64. The fourth-order valence-electron chi connectivity index (χ4n) is 4.45. The van der Waals surface area contributed by atoms with Gasteiger partial charge >= 0.3 is 0 Å². The summed E-state index contributed by atoms with van der Waals surface area (Å²) in [6, 6.07) is 18.1. The molecule has 3 nitrogen and oxygen atoms in total. The van der Waals surface area contributed by atoms with Gasteiger partial charge in [-0.2, -0.15) is 0 Å². The number of aromatic nitrogens is 1. The molecule has 0 aliphatic heterocycles. The molecule has 4 rings (SSSR count). The van der Waals surface area contributed by atoms with E-state index in [0.717, 1.165) is 29.7 Å². The molecular formula is C27H29ClN2O. The van der Waals surface area contributed by atoms with Crippen molar-refractivity contribution < 1.29 is 4.79 Å². The Bertz CT molecular complexity index is 1040. The van der Waals surface area contributed by atoms with Gasteiger partial charge in [0.15, 0.2) is 0 Å². The van der Waals surface area contributed by atoms with Crippen molar-refractivity contribution in [3.05, 3.63) is 88.2 Å². The molecule has 2 aromatic carbocycles. The van der Waals surface area contributed by atoms with Crippen LogP contribution in [0, 0.1) is 19.8 Å². The van der Waals surface area contributed by atoms with Crippen LogP contribution in [0.5, 0.6) is 0 Å². The molecule has 1 heterocycles. The van der Waals surface area contributed by atoms with Gasteiger partial charge in [0.1, 0.15) is 0 Å². The van der Waals surface area contributed by atoms with Gasteiger partial charge in [0.2, 0.25) is 0 Å². The number of aryl methyl sites for hydroxylation is 2. The number of hydrogen-bond donors (Lipinski definition) is 1. The molecule has 1 aromatic heterocycles. The lowest BCUT2D eigenvalue weighted by Gasteiger charge is -2.31. The third-order valence-electron chi connectivity index (χ3n) is 6.30. The fraction of sp³-hybridized carbons (Fsp3) is 0.333. The van der Waals surface area contributed by atoms with Crippen molar-refractivity contribution >= 4 is 17.5 Å². The van der Waals surface area contributed by atoms with Crippen LogP contribution in [0.2, 0.25) is 5.02 Å². The highest BCUT2D eigenvalue weighted by atomic mass is 35.5. The number of carbonyl (C=O) groups excluding carboxylic acids is 1. The van der Waals surface area contributed by atoms with E-state index in [2.05, 4.69) is 41.5 Å². The molecule has 1 saturated carbocycles. The van der Waals surface area contributed by atoms with Gasteiger partial charge in [-0.25, -0.2) is 0 Å². The molecule has 0 radical (unpaired) electrons.